The predicted molar refractivity (Wildman–Crippen MR) is 58.2 cm³/mol. The molecule has 0 aliphatic heterocycles. The predicted octanol–water partition coefficient (Wildman–Crippen LogP) is 3.09. The highest BCUT2D eigenvalue weighted by Crippen LogP contribution is 2.18. The van der Waals surface area contributed by atoms with Crippen LogP contribution in [-0.2, 0) is 11.3 Å². The molecule has 0 aliphatic carbocycles. The van der Waals surface area contributed by atoms with Gasteiger partial charge in [-0.05, 0) is 12.5 Å². The third kappa shape index (κ3) is 1.80. The highest BCUT2D eigenvalue weighted by Gasteiger charge is 2.01. The second-order valence-electron chi connectivity index (χ2n) is 3.41. The van der Waals surface area contributed by atoms with Crippen molar-refractivity contribution in [2.24, 2.45) is 0 Å². The van der Waals surface area contributed by atoms with Crippen LogP contribution in [0.5, 0.6) is 0 Å². The van der Waals surface area contributed by atoms with Crippen molar-refractivity contribution in [3.05, 3.63) is 36.0 Å². The van der Waals surface area contributed by atoms with Crippen LogP contribution in [0.25, 0.3) is 10.9 Å². The highest BCUT2D eigenvalue weighted by molar-refractivity contribution is 5.82. The van der Waals surface area contributed by atoms with Crippen molar-refractivity contribution < 1.29 is 4.74 Å². The number of hydrogen-bond donors (Lipinski definition) is 1. The average molecular weight is 189 g/mol. The van der Waals surface area contributed by atoms with Crippen molar-refractivity contribution >= 4 is 10.9 Å². The molecule has 14 heavy (non-hydrogen) atoms. The number of fused-ring (bicyclic) bond motifs is 1. The highest BCUT2D eigenvalue weighted by atomic mass is 16.5. The zero-order valence-electron chi connectivity index (χ0n) is 8.42. The normalized spacial score (nSPS) is 10.9. The van der Waals surface area contributed by atoms with E-state index in [1.165, 1.54) is 16.5 Å². The molecule has 0 aliphatic rings. The molecule has 2 nitrogen and oxygen atoms in total. The summed E-state index contributed by atoms with van der Waals surface area (Å²) < 4.78 is 5.52. The summed E-state index contributed by atoms with van der Waals surface area (Å²) in [6.45, 7) is 3.66. The number of rotatable bonds is 4. The fourth-order valence-corrected chi connectivity index (χ4v) is 1.58. The summed E-state index contributed by atoms with van der Waals surface area (Å²) in [5, 5.41) is 1.27. The number of H-pyrrole nitrogens is 1. The van der Waals surface area contributed by atoms with E-state index in [-0.39, 0.29) is 0 Å². The van der Waals surface area contributed by atoms with Crippen LogP contribution in [0.1, 0.15) is 18.9 Å². The minimum Gasteiger partial charge on any atom is -0.377 e. The van der Waals surface area contributed by atoms with Crippen molar-refractivity contribution in [1.29, 1.82) is 0 Å². The molecule has 1 aromatic carbocycles. The van der Waals surface area contributed by atoms with Gasteiger partial charge < -0.3 is 9.72 Å². The Balaban J connectivity index is 2.17. The van der Waals surface area contributed by atoms with Gasteiger partial charge in [0.05, 0.1) is 6.61 Å². The fourth-order valence-electron chi connectivity index (χ4n) is 1.58. The van der Waals surface area contributed by atoms with Gasteiger partial charge in [0.25, 0.3) is 0 Å². The monoisotopic (exact) mass is 189 g/mol. The Morgan fingerprint density at radius 1 is 1.29 bits per heavy atom. The van der Waals surface area contributed by atoms with Gasteiger partial charge >= 0.3 is 0 Å². The largest absolute Gasteiger partial charge is 0.377 e. The van der Waals surface area contributed by atoms with Crippen LogP contribution in [0.4, 0.5) is 0 Å². The summed E-state index contributed by atoms with van der Waals surface area (Å²) in [6.07, 6.45) is 3.10. The fraction of sp³-hybridized carbons (Fsp3) is 0.333. The first-order chi connectivity index (χ1) is 6.92. The molecule has 0 saturated heterocycles. The number of ether oxygens (including phenoxy) is 1. The van der Waals surface area contributed by atoms with Gasteiger partial charge in [0, 0.05) is 29.3 Å². The Kier molecular flexibility index (Phi) is 2.84. The smallest absolute Gasteiger partial charge is 0.0737 e. The number of para-hydroxylation sites is 1. The van der Waals surface area contributed by atoms with Crippen LogP contribution < -0.4 is 0 Å². The zero-order valence-corrected chi connectivity index (χ0v) is 8.42. The Bertz CT molecular complexity index is 405. The van der Waals surface area contributed by atoms with Crippen LogP contribution >= 0.6 is 0 Å². The standard InChI is InChI=1S/C12H15NO/c1-2-7-14-9-10-8-13-12-6-4-3-5-11(10)12/h3-6,8,13H,2,7,9H2,1H3. The maximum absolute atomic E-state index is 5.52. The van der Waals surface area contributed by atoms with Crippen molar-refractivity contribution in [2.45, 2.75) is 20.0 Å². The number of aromatic amines is 1. The molecule has 0 amide bonds. The molecular formula is C12H15NO. The SMILES string of the molecule is CCCOCc1c[nH]c2ccccc12. The maximum Gasteiger partial charge on any atom is 0.0737 e. The zero-order chi connectivity index (χ0) is 9.80. The third-order valence-corrected chi connectivity index (χ3v) is 2.28. The van der Waals surface area contributed by atoms with Crippen LogP contribution in [0, 0.1) is 0 Å². The summed E-state index contributed by atoms with van der Waals surface area (Å²) in [4.78, 5) is 3.24. The first kappa shape index (κ1) is 9.28. The molecule has 0 spiro atoms. The third-order valence-electron chi connectivity index (χ3n) is 2.28. The molecular weight excluding hydrogens is 174 g/mol. The molecule has 2 heteroatoms. The first-order valence-electron chi connectivity index (χ1n) is 5.04. The minimum atomic E-state index is 0.706. The van der Waals surface area contributed by atoms with Gasteiger partial charge in [0.2, 0.25) is 0 Å². The molecule has 2 aromatic rings. The van der Waals surface area contributed by atoms with Crippen LogP contribution in [0.15, 0.2) is 30.5 Å². The summed E-state index contributed by atoms with van der Waals surface area (Å²) in [6, 6.07) is 8.30. The van der Waals surface area contributed by atoms with E-state index < -0.39 is 0 Å². The van der Waals surface area contributed by atoms with E-state index >= 15 is 0 Å². The molecule has 0 bridgehead atoms. The van der Waals surface area contributed by atoms with E-state index in [4.69, 9.17) is 4.74 Å². The average Bonchev–Trinajstić information content (AvgIpc) is 2.63. The molecule has 0 radical (unpaired) electrons. The Hall–Kier alpha value is -1.28. The van der Waals surface area contributed by atoms with Crippen LogP contribution in [-0.4, -0.2) is 11.6 Å². The number of hydrogen-bond acceptors (Lipinski definition) is 1. The Labute approximate surface area is 83.9 Å². The summed E-state index contributed by atoms with van der Waals surface area (Å²) in [5.41, 5.74) is 2.43. The van der Waals surface area contributed by atoms with E-state index in [9.17, 15) is 0 Å². The number of benzene rings is 1. The topological polar surface area (TPSA) is 25.0 Å². The second kappa shape index (κ2) is 4.29. The number of aromatic nitrogens is 1. The maximum atomic E-state index is 5.52. The molecule has 0 saturated carbocycles. The Morgan fingerprint density at radius 2 is 2.14 bits per heavy atom. The van der Waals surface area contributed by atoms with E-state index in [0.717, 1.165) is 13.0 Å². The number of nitrogens with one attached hydrogen (secondary N) is 1. The van der Waals surface area contributed by atoms with Gasteiger partial charge in [-0.2, -0.15) is 0 Å². The lowest BCUT2D eigenvalue weighted by atomic mass is 10.2. The van der Waals surface area contributed by atoms with E-state index in [1.54, 1.807) is 0 Å². The van der Waals surface area contributed by atoms with Crippen molar-refractivity contribution in [2.75, 3.05) is 6.61 Å². The lowest BCUT2D eigenvalue weighted by molar-refractivity contribution is 0.122. The summed E-state index contributed by atoms with van der Waals surface area (Å²) >= 11 is 0. The van der Waals surface area contributed by atoms with E-state index in [1.807, 2.05) is 12.3 Å². The molecule has 1 aromatic heterocycles. The lowest BCUT2D eigenvalue weighted by Crippen LogP contribution is -1.92. The van der Waals surface area contributed by atoms with Crippen molar-refractivity contribution in [3.8, 4) is 0 Å². The first-order valence-corrected chi connectivity index (χ1v) is 5.04. The quantitative estimate of drug-likeness (QED) is 0.734. The van der Waals surface area contributed by atoms with Crippen molar-refractivity contribution in [1.82, 2.24) is 4.98 Å². The summed E-state index contributed by atoms with van der Waals surface area (Å²) in [5.74, 6) is 0. The summed E-state index contributed by atoms with van der Waals surface area (Å²) in [7, 11) is 0. The van der Waals surface area contributed by atoms with Crippen molar-refractivity contribution in [3.63, 3.8) is 0 Å². The van der Waals surface area contributed by atoms with Crippen LogP contribution in [0.3, 0.4) is 0 Å². The molecule has 1 N–H and O–H groups in total. The van der Waals surface area contributed by atoms with Gasteiger partial charge in [0.15, 0.2) is 0 Å². The Morgan fingerprint density at radius 3 is 3.00 bits per heavy atom. The molecule has 0 fully saturated rings. The second-order valence-corrected chi connectivity index (χ2v) is 3.41. The van der Waals surface area contributed by atoms with Gasteiger partial charge in [0.1, 0.15) is 0 Å². The molecule has 2 rings (SSSR count). The molecule has 1 heterocycles. The van der Waals surface area contributed by atoms with E-state index in [2.05, 4.69) is 30.1 Å². The van der Waals surface area contributed by atoms with Gasteiger partial charge in [-0.1, -0.05) is 25.1 Å². The minimum absolute atomic E-state index is 0.706. The molecule has 0 atom stereocenters. The van der Waals surface area contributed by atoms with Gasteiger partial charge in [-0.25, -0.2) is 0 Å². The molecule has 74 valence electrons. The van der Waals surface area contributed by atoms with Gasteiger partial charge in [-0.3, -0.25) is 0 Å². The van der Waals surface area contributed by atoms with Gasteiger partial charge in [-0.15, -0.1) is 0 Å². The molecule has 0 unspecified atom stereocenters. The van der Waals surface area contributed by atoms with E-state index in [0.29, 0.717) is 6.61 Å². The van der Waals surface area contributed by atoms with Crippen LogP contribution in [0.2, 0.25) is 0 Å². The lowest BCUT2D eigenvalue weighted by Gasteiger charge is -2.00.